The number of carbonyl (C=O) groups excluding carboxylic acids is 2. The third kappa shape index (κ3) is 6.19. The van der Waals surface area contributed by atoms with E-state index in [1.54, 1.807) is 6.92 Å². The summed E-state index contributed by atoms with van der Waals surface area (Å²) < 4.78 is 10.5. The molecule has 0 bridgehead atoms. The van der Waals surface area contributed by atoms with Gasteiger partial charge in [0.25, 0.3) is 0 Å². The molecule has 188 valence electrons. The van der Waals surface area contributed by atoms with E-state index in [2.05, 4.69) is 34.9 Å². The molecule has 0 radical (unpaired) electrons. The fourth-order valence-electron chi connectivity index (χ4n) is 4.55. The molecule has 1 aliphatic rings. The lowest BCUT2D eigenvalue weighted by Crippen LogP contribution is -2.57. The van der Waals surface area contributed by atoms with E-state index < -0.39 is 17.6 Å². The number of hydrogen-bond donors (Lipinski definition) is 3. The van der Waals surface area contributed by atoms with Crippen molar-refractivity contribution in [1.82, 2.24) is 10.6 Å². The lowest BCUT2D eigenvalue weighted by atomic mass is 9.95. The van der Waals surface area contributed by atoms with Crippen molar-refractivity contribution in [3.63, 3.8) is 0 Å². The summed E-state index contributed by atoms with van der Waals surface area (Å²) in [6.45, 7) is 4.05. The maximum absolute atomic E-state index is 12.4. The van der Waals surface area contributed by atoms with Crippen molar-refractivity contribution in [1.29, 1.82) is 0 Å². The number of carboxylic acid groups (broad SMARTS) is 1. The normalized spacial score (nSPS) is 14.8. The Morgan fingerprint density at radius 2 is 1.66 bits per heavy atom. The fourth-order valence-corrected chi connectivity index (χ4v) is 4.55. The maximum atomic E-state index is 12.4. The Morgan fingerprint density at radius 1 is 1.06 bits per heavy atom. The first-order valence-corrected chi connectivity index (χ1v) is 11.9. The summed E-state index contributed by atoms with van der Waals surface area (Å²) in [5, 5.41) is 14.9. The molecule has 2 amide bonds. The number of hydrogen-bond acceptors (Lipinski definition) is 5. The van der Waals surface area contributed by atoms with Crippen molar-refractivity contribution >= 4 is 18.0 Å². The molecule has 1 aliphatic carbocycles. The standard InChI is InChI=1S/C27H34N2O6/c1-4-27(17-34-3,25(31)32)29-24(30)15-18(2)13-14-28-26(33)35-16-23-21-11-7-5-9-19(21)20-10-6-8-12-22(20)23/h5-12,18,23H,4,13-17H2,1-3H3,(H,28,33)(H,29,30)(H,31,32). The smallest absolute Gasteiger partial charge is 0.407 e. The van der Waals surface area contributed by atoms with E-state index in [1.165, 1.54) is 18.2 Å². The van der Waals surface area contributed by atoms with E-state index >= 15 is 0 Å². The molecule has 0 aliphatic heterocycles. The lowest BCUT2D eigenvalue weighted by molar-refractivity contribution is -0.150. The Labute approximate surface area is 206 Å². The molecule has 2 atom stereocenters. The number of nitrogens with one attached hydrogen (secondary N) is 2. The van der Waals surface area contributed by atoms with Gasteiger partial charge in [-0.1, -0.05) is 62.4 Å². The first kappa shape index (κ1) is 26.2. The molecule has 3 rings (SSSR count). The second-order valence-electron chi connectivity index (χ2n) is 9.07. The van der Waals surface area contributed by atoms with Gasteiger partial charge in [0.05, 0.1) is 6.61 Å². The van der Waals surface area contributed by atoms with Crippen LogP contribution in [-0.2, 0) is 19.1 Å². The van der Waals surface area contributed by atoms with Gasteiger partial charge in [-0.2, -0.15) is 0 Å². The summed E-state index contributed by atoms with van der Waals surface area (Å²) >= 11 is 0. The molecule has 2 aromatic rings. The quantitative estimate of drug-likeness (QED) is 0.422. The highest BCUT2D eigenvalue weighted by atomic mass is 16.5. The number of alkyl carbamates (subject to hydrolysis) is 1. The molecule has 0 fully saturated rings. The first-order valence-electron chi connectivity index (χ1n) is 11.9. The van der Waals surface area contributed by atoms with Gasteiger partial charge in [-0.3, -0.25) is 4.79 Å². The second kappa shape index (κ2) is 11.8. The van der Waals surface area contributed by atoms with Crippen LogP contribution in [-0.4, -0.2) is 55.5 Å². The highest BCUT2D eigenvalue weighted by molar-refractivity contribution is 5.87. The molecule has 35 heavy (non-hydrogen) atoms. The van der Waals surface area contributed by atoms with Crippen LogP contribution in [0.2, 0.25) is 0 Å². The van der Waals surface area contributed by atoms with E-state index in [1.807, 2.05) is 31.2 Å². The molecule has 2 unspecified atom stereocenters. The van der Waals surface area contributed by atoms with Crippen molar-refractivity contribution in [3.8, 4) is 11.1 Å². The van der Waals surface area contributed by atoms with Gasteiger partial charge in [0.2, 0.25) is 5.91 Å². The molecule has 0 aromatic heterocycles. The molecule has 0 saturated heterocycles. The highest BCUT2D eigenvalue weighted by Gasteiger charge is 2.38. The van der Waals surface area contributed by atoms with Gasteiger partial charge in [0.1, 0.15) is 6.61 Å². The van der Waals surface area contributed by atoms with E-state index in [-0.39, 0.29) is 43.8 Å². The summed E-state index contributed by atoms with van der Waals surface area (Å²) in [4.78, 5) is 36.4. The van der Waals surface area contributed by atoms with Crippen molar-refractivity contribution < 1.29 is 29.0 Å². The Bertz CT molecular complexity index is 1010. The summed E-state index contributed by atoms with van der Waals surface area (Å²) in [5.41, 5.74) is 3.21. The van der Waals surface area contributed by atoms with Crippen LogP contribution in [0.4, 0.5) is 4.79 Å². The number of benzene rings is 2. The predicted molar refractivity (Wildman–Crippen MR) is 132 cm³/mol. The van der Waals surface area contributed by atoms with Gasteiger partial charge in [-0.05, 0) is 41.0 Å². The summed E-state index contributed by atoms with van der Waals surface area (Å²) in [5.74, 6) is -1.55. The SMILES string of the molecule is CCC(COC)(NC(=O)CC(C)CCNC(=O)OCC1c2ccccc2-c2ccccc21)C(=O)O. The number of aliphatic carboxylic acids is 1. The van der Waals surface area contributed by atoms with E-state index in [4.69, 9.17) is 9.47 Å². The average Bonchev–Trinajstić information content (AvgIpc) is 3.16. The molecule has 8 heteroatoms. The molecule has 8 nitrogen and oxygen atoms in total. The van der Waals surface area contributed by atoms with Crippen LogP contribution in [0.25, 0.3) is 11.1 Å². The van der Waals surface area contributed by atoms with Crippen LogP contribution >= 0.6 is 0 Å². The van der Waals surface area contributed by atoms with Crippen LogP contribution in [0.1, 0.15) is 50.2 Å². The minimum absolute atomic E-state index is 0.00376. The lowest BCUT2D eigenvalue weighted by Gasteiger charge is -2.29. The number of methoxy groups -OCH3 is 1. The van der Waals surface area contributed by atoms with Crippen LogP contribution < -0.4 is 10.6 Å². The van der Waals surface area contributed by atoms with E-state index in [0.29, 0.717) is 13.0 Å². The van der Waals surface area contributed by atoms with Gasteiger partial charge in [0.15, 0.2) is 5.54 Å². The number of carbonyl (C=O) groups is 3. The van der Waals surface area contributed by atoms with Crippen molar-refractivity contribution in [3.05, 3.63) is 59.7 Å². The van der Waals surface area contributed by atoms with Crippen molar-refractivity contribution in [2.45, 2.75) is 44.6 Å². The topological polar surface area (TPSA) is 114 Å². The molecule has 0 heterocycles. The maximum Gasteiger partial charge on any atom is 0.407 e. The molecule has 2 aromatic carbocycles. The summed E-state index contributed by atoms with van der Waals surface area (Å²) in [7, 11) is 1.40. The zero-order chi connectivity index (χ0) is 25.4. The molecule has 0 spiro atoms. The van der Waals surface area contributed by atoms with Gasteiger partial charge >= 0.3 is 12.1 Å². The number of rotatable bonds is 12. The van der Waals surface area contributed by atoms with Crippen LogP contribution in [0, 0.1) is 5.92 Å². The second-order valence-corrected chi connectivity index (χ2v) is 9.07. The molecular formula is C27H34N2O6. The summed E-state index contributed by atoms with van der Waals surface area (Å²) in [6.07, 6.45) is 0.401. The Hall–Kier alpha value is -3.39. The third-order valence-electron chi connectivity index (χ3n) is 6.57. The first-order chi connectivity index (χ1) is 16.8. The van der Waals surface area contributed by atoms with Crippen LogP contribution in [0.5, 0.6) is 0 Å². The van der Waals surface area contributed by atoms with E-state index in [9.17, 15) is 19.5 Å². The van der Waals surface area contributed by atoms with Gasteiger partial charge in [0, 0.05) is 26.0 Å². The van der Waals surface area contributed by atoms with Gasteiger partial charge in [-0.15, -0.1) is 0 Å². The zero-order valence-corrected chi connectivity index (χ0v) is 20.5. The molecule has 0 saturated carbocycles. The van der Waals surface area contributed by atoms with Gasteiger partial charge < -0.3 is 25.2 Å². The van der Waals surface area contributed by atoms with Crippen molar-refractivity contribution in [2.75, 3.05) is 26.9 Å². The molecule has 3 N–H and O–H groups in total. The molecular weight excluding hydrogens is 448 g/mol. The average molecular weight is 483 g/mol. The monoisotopic (exact) mass is 482 g/mol. The Morgan fingerprint density at radius 3 is 2.20 bits per heavy atom. The number of amides is 2. The van der Waals surface area contributed by atoms with Crippen LogP contribution in [0.3, 0.4) is 0 Å². The van der Waals surface area contributed by atoms with Gasteiger partial charge in [-0.25, -0.2) is 9.59 Å². The number of carboxylic acids is 1. The minimum atomic E-state index is -1.44. The Balaban J connectivity index is 1.44. The third-order valence-corrected chi connectivity index (χ3v) is 6.57. The van der Waals surface area contributed by atoms with Crippen molar-refractivity contribution in [2.24, 2.45) is 5.92 Å². The zero-order valence-electron chi connectivity index (χ0n) is 20.5. The fraction of sp³-hybridized carbons (Fsp3) is 0.444. The Kier molecular flexibility index (Phi) is 8.87. The number of fused-ring (bicyclic) bond motifs is 3. The minimum Gasteiger partial charge on any atom is -0.479 e. The van der Waals surface area contributed by atoms with E-state index in [0.717, 1.165) is 11.1 Å². The van der Waals surface area contributed by atoms with Crippen LogP contribution in [0.15, 0.2) is 48.5 Å². The highest BCUT2D eigenvalue weighted by Crippen LogP contribution is 2.44. The number of ether oxygens (including phenoxy) is 2. The largest absolute Gasteiger partial charge is 0.479 e. The predicted octanol–water partition coefficient (Wildman–Crippen LogP) is 3.94. The summed E-state index contributed by atoms with van der Waals surface area (Å²) in [6, 6.07) is 16.3.